The highest BCUT2D eigenvalue weighted by Gasteiger charge is 2.07. The fourth-order valence-corrected chi connectivity index (χ4v) is 3.01. The maximum atomic E-state index is 5.65. The van der Waals surface area contributed by atoms with Crippen LogP contribution >= 0.6 is 24.0 Å². The van der Waals surface area contributed by atoms with Gasteiger partial charge in [0.2, 0.25) is 0 Å². The molecule has 1 heterocycles. The second-order valence-electron chi connectivity index (χ2n) is 6.75. The number of nitrogens with one attached hydrogen (secondary N) is 2. The van der Waals surface area contributed by atoms with E-state index in [0.717, 1.165) is 48.2 Å². The average Bonchev–Trinajstić information content (AvgIpc) is 2.73. The quantitative estimate of drug-likeness (QED) is 0.214. The SMILES string of the molecule is CCOc1cc(CCCNC(=NC)NCc2cccnc2N(C)C)ccc1OC.I. The lowest BCUT2D eigenvalue weighted by atomic mass is 10.1. The van der Waals surface area contributed by atoms with Gasteiger partial charge in [-0.3, -0.25) is 4.99 Å². The summed E-state index contributed by atoms with van der Waals surface area (Å²) in [4.78, 5) is 10.7. The Kier molecular flexibility index (Phi) is 12.0. The van der Waals surface area contributed by atoms with Crippen LogP contribution in [-0.2, 0) is 13.0 Å². The number of rotatable bonds is 10. The van der Waals surface area contributed by atoms with Gasteiger partial charge in [-0.15, -0.1) is 24.0 Å². The van der Waals surface area contributed by atoms with Crippen molar-refractivity contribution in [3.05, 3.63) is 47.7 Å². The number of aliphatic imine (C=N–C) groups is 1. The number of methoxy groups -OCH3 is 1. The predicted molar refractivity (Wildman–Crippen MR) is 135 cm³/mol. The van der Waals surface area contributed by atoms with Crippen LogP contribution in [0.2, 0.25) is 0 Å². The number of aromatic nitrogens is 1. The number of pyridine rings is 1. The lowest BCUT2D eigenvalue weighted by molar-refractivity contribution is 0.310. The molecule has 0 fully saturated rings. The molecule has 0 atom stereocenters. The van der Waals surface area contributed by atoms with Gasteiger partial charge in [0.05, 0.1) is 13.7 Å². The molecule has 0 amide bonds. The summed E-state index contributed by atoms with van der Waals surface area (Å²) in [6.45, 7) is 4.08. The third kappa shape index (κ3) is 7.89. The topological polar surface area (TPSA) is 71.0 Å². The first-order valence-corrected chi connectivity index (χ1v) is 9.94. The molecule has 0 spiro atoms. The first kappa shape index (κ1) is 25.8. The molecule has 0 aliphatic carbocycles. The zero-order chi connectivity index (χ0) is 21.1. The Labute approximate surface area is 197 Å². The third-order valence-electron chi connectivity index (χ3n) is 4.42. The van der Waals surface area contributed by atoms with E-state index in [1.54, 1.807) is 14.2 Å². The largest absolute Gasteiger partial charge is 0.493 e. The summed E-state index contributed by atoms with van der Waals surface area (Å²) in [5, 5.41) is 6.73. The summed E-state index contributed by atoms with van der Waals surface area (Å²) >= 11 is 0. The van der Waals surface area contributed by atoms with Gasteiger partial charge in [0.1, 0.15) is 5.82 Å². The summed E-state index contributed by atoms with van der Waals surface area (Å²) in [6, 6.07) is 10.1. The lowest BCUT2D eigenvalue weighted by Crippen LogP contribution is -2.37. The summed E-state index contributed by atoms with van der Waals surface area (Å²) < 4.78 is 11.0. The normalized spacial score (nSPS) is 10.8. The molecule has 2 aromatic rings. The van der Waals surface area contributed by atoms with Crippen molar-refractivity contribution in [1.29, 1.82) is 0 Å². The number of nitrogens with zero attached hydrogens (tertiary/aromatic N) is 3. The zero-order valence-electron chi connectivity index (χ0n) is 18.6. The van der Waals surface area contributed by atoms with Gasteiger partial charge in [-0.2, -0.15) is 0 Å². The van der Waals surface area contributed by atoms with Gasteiger partial charge >= 0.3 is 0 Å². The Hall–Kier alpha value is -2.23. The number of guanidine groups is 1. The van der Waals surface area contributed by atoms with E-state index in [-0.39, 0.29) is 24.0 Å². The molecule has 7 nitrogen and oxygen atoms in total. The maximum Gasteiger partial charge on any atom is 0.191 e. The minimum atomic E-state index is 0. The highest BCUT2D eigenvalue weighted by molar-refractivity contribution is 14.0. The van der Waals surface area contributed by atoms with Crippen LogP contribution in [0.1, 0.15) is 24.5 Å². The van der Waals surface area contributed by atoms with Crippen molar-refractivity contribution in [3.63, 3.8) is 0 Å². The first-order valence-electron chi connectivity index (χ1n) is 9.94. The number of ether oxygens (including phenoxy) is 2. The smallest absolute Gasteiger partial charge is 0.191 e. The zero-order valence-corrected chi connectivity index (χ0v) is 20.9. The molecule has 8 heteroatoms. The van der Waals surface area contributed by atoms with E-state index in [2.05, 4.69) is 38.8 Å². The minimum absolute atomic E-state index is 0. The van der Waals surface area contributed by atoms with Crippen molar-refractivity contribution >= 4 is 35.8 Å². The van der Waals surface area contributed by atoms with Crippen LogP contribution in [0.25, 0.3) is 0 Å². The first-order chi connectivity index (χ1) is 14.1. The number of anilines is 1. The summed E-state index contributed by atoms with van der Waals surface area (Å²) in [6.07, 6.45) is 3.73. The van der Waals surface area contributed by atoms with Crippen molar-refractivity contribution < 1.29 is 9.47 Å². The number of hydrogen-bond donors (Lipinski definition) is 2. The molecule has 1 aromatic heterocycles. The molecule has 0 saturated heterocycles. The molecular weight excluding hydrogens is 493 g/mol. The fraction of sp³-hybridized carbons (Fsp3) is 0.455. The van der Waals surface area contributed by atoms with Crippen LogP contribution in [0, 0.1) is 0 Å². The van der Waals surface area contributed by atoms with E-state index in [0.29, 0.717) is 13.2 Å². The fourth-order valence-electron chi connectivity index (χ4n) is 3.01. The van der Waals surface area contributed by atoms with Crippen molar-refractivity contribution in [2.45, 2.75) is 26.3 Å². The van der Waals surface area contributed by atoms with Crippen LogP contribution in [0.5, 0.6) is 11.5 Å². The predicted octanol–water partition coefficient (Wildman–Crippen LogP) is 3.47. The Morgan fingerprint density at radius 2 is 1.97 bits per heavy atom. The van der Waals surface area contributed by atoms with Crippen molar-refractivity contribution in [3.8, 4) is 11.5 Å². The number of aryl methyl sites for hydroxylation is 1. The van der Waals surface area contributed by atoms with Crippen molar-refractivity contribution in [2.75, 3.05) is 46.3 Å². The van der Waals surface area contributed by atoms with Gasteiger partial charge in [-0.1, -0.05) is 12.1 Å². The molecule has 0 unspecified atom stereocenters. The van der Waals surface area contributed by atoms with Gasteiger partial charge < -0.3 is 25.0 Å². The van der Waals surface area contributed by atoms with E-state index in [1.165, 1.54) is 5.56 Å². The number of halogens is 1. The second kappa shape index (κ2) is 13.9. The molecule has 166 valence electrons. The molecule has 0 aliphatic heterocycles. The maximum absolute atomic E-state index is 5.65. The second-order valence-corrected chi connectivity index (χ2v) is 6.75. The molecule has 0 bridgehead atoms. The van der Waals surface area contributed by atoms with E-state index in [4.69, 9.17) is 9.47 Å². The van der Waals surface area contributed by atoms with Crippen LogP contribution in [0.15, 0.2) is 41.5 Å². The van der Waals surface area contributed by atoms with Crippen LogP contribution in [0.4, 0.5) is 5.82 Å². The molecule has 30 heavy (non-hydrogen) atoms. The van der Waals surface area contributed by atoms with Gasteiger partial charge in [0.25, 0.3) is 0 Å². The molecule has 2 rings (SSSR count). The molecular formula is C22H34IN5O2. The number of hydrogen-bond acceptors (Lipinski definition) is 5. The molecule has 2 N–H and O–H groups in total. The van der Waals surface area contributed by atoms with Gasteiger partial charge in [0, 0.05) is 46.0 Å². The average molecular weight is 527 g/mol. The lowest BCUT2D eigenvalue weighted by Gasteiger charge is -2.17. The van der Waals surface area contributed by atoms with E-state index in [9.17, 15) is 0 Å². The van der Waals surface area contributed by atoms with Crippen molar-refractivity contribution in [2.24, 2.45) is 4.99 Å². The molecule has 0 aliphatic rings. The Morgan fingerprint density at radius 3 is 2.63 bits per heavy atom. The van der Waals surface area contributed by atoms with Crippen LogP contribution in [0.3, 0.4) is 0 Å². The molecule has 0 radical (unpaired) electrons. The number of benzene rings is 1. The Bertz CT molecular complexity index is 799. The monoisotopic (exact) mass is 527 g/mol. The summed E-state index contributed by atoms with van der Waals surface area (Å²) in [5.41, 5.74) is 2.35. The van der Waals surface area contributed by atoms with E-state index >= 15 is 0 Å². The minimum Gasteiger partial charge on any atom is -0.493 e. The third-order valence-corrected chi connectivity index (χ3v) is 4.42. The van der Waals surface area contributed by atoms with E-state index < -0.39 is 0 Å². The van der Waals surface area contributed by atoms with Crippen LogP contribution < -0.4 is 25.0 Å². The Morgan fingerprint density at radius 1 is 1.17 bits per heavy atom. The van der Waals surface area contributed by atoms with E-state index in [1.807, 2.05) is 44.2 Å². The standard InChI is InChI=1S/C22H33N5O2.HI/c1-6-29-20-15-17(11-12-19(20)28-5)9-7-14-25-22(23-2)26-16-18-10-8-13-24-21(18)27(3)4;/h8,10-13,15H,6-7,9,14,16H2,1-5H3,(H2,23,25,26);1H. The van der Waals surface area contributed by atoms with Gasteiger partial charge in [0.15, 0.2) is 17.5 Å². The van der Waals surface area contributed by atoms with Gasteiger partial charge in [-0.05, 0) is 43.5 Å². The van der Waals surface area contributed by atoms with Crippen LogP contribution in [-0.4, -0.2) is 52.3 Å². The molecule has 1 aromatic carbocycles. The van der Waals surface area contributed by atoms with Crippen molar-refractivity contribution in [1.82, 2.24) is 15.6 Å². The summed E-state index contributed by atoms with van der Waals surface area (Å²) in [5.74, 6) is 3.31. The summed E-state index contributed by atoms with van der Waals surface area (Å²) in [7, 11) is 7.43. The van der Waals surface area contributed by atoms with Gasteiger partial charge in [-0.25, -0.2) is 4.98 Å². The highest BCUT2D eigenvalue weighted by Crippen LogP contribution is 2.28. The molecule has 0 saturated carbocycles. The Balaban J connectivity index is 0.00000450. The highest BCUT2D eigenvalue weighted by atomic mass is 127.